The maximum Gasteiger partial charge on any atom is 0.494 e. The summed E-state index contributed by atoms with van der Waals surface area (Å²) in [5.74, 6) is 5.07. The van der Waals surface area contributed by atoms with Crippen LogP contribution in [0.3, 0.4) is 0 Å². The van der Waals surface area contributed by atoms with Gasteiger partial charge in [-0.15, -0.1) is 0 Å². The second-order valence-corrected chi connectivity index (χ2v) is 29.6. The Labute approximate surface area is 636 Å². The summed E-state index contributed by atoms with van der Waals surface area (Å²) in [5.41, 5.74) is 13.2. The van der Waals surface area contributed by atoms with Gasteiger partial charge in [0.1, 0.15) is 0 Å². The summed E-state index contributed by atoms with van der Waals surface area (Å²) in [7, 11) is -0.684. The first-order chi connectivity index (χ1) is 51.6. The summed E-state index contributed by atoms with van der Waals surface area (Å²) < 4.78 is 25.0. The third-order valence-electron chi connectivity index (χ3n) is 21.9. The molecule has 2 aliphatic rings. The molecule has 0 spiro atoms. The normalized spacial score (nSPS) is 14.9. The Hall–Kier alpha value is -10.5. The topological polar surface area (TPSA) is 153 Å². The highest BCUT2D eigenvalue weighted by molar-refractivity contribution is 6.62. The van der Waals surface area contributed by atoms with E-state index in [1.54, 1.807) is 0 Å². The maximum absolute atomic E-state index is 6.26. The van der Waals surface area contributed by atoms with E-state index in [-0.39, 0.29) is 52.8 Å². The Morgan fingerprint density at radius 1 is 0.243 bits per heavy atom. The van der Waals surface area contributed by atoms with Gasteiger partial charge in [0.2, 0.25) is 5.28 Å². The molecule has 107 heavy (non-hydrogen) atoms. The van der Waals surface area contributed by atoms with Crippen LogP contribution in [0, 0.1) is 0 Å². The van der Waals surface area contributed by atoms with Crippen molar-refractivity contribution in [3.63, 3.8) is 0 Å². The Bertz CT molecular complexity index is 4640. The van der Waals surface area contributed by atoms with Crippen molar-refractivity contribution in [3.8, 4) is 91.1 Å². The number of halogens is 1. The van der Waals surface area contributed by atoms with Gasteiger partial charge in [0.15, 0.2) is 46.6 Å². The SMILES string of the molecule is CCC(CC)(c1ccc(-c2nc(-c3ccccc3)nc(-c3ccccc3)n2)cc1)c1ccc(-c2nc(-c3ccccc3)nc(-c3ccccc3)n2)cc1.CCC(CC)(c1ccc(B2OC(C)(C)C(C)(C)O2)cc1)c1ccc(B2OC(C)(C)C(C)(C)O2)cc1.Clc1nc(-c2ccccc2)nc(-c2ccccc2)n1. The van der Waals surface area contributed by atoms with Gasteiger partial charge in [0, 0.05) is 55.3 Å². The van der Waals surface area contributed by atoms with Crippen LogP contribution >= 0.6 is 11.6 Å². The molecule has 0 saturated carbocycles. The van der Waals surface area contributed by atoms with Crippen molar-refractivity contribution in [2.75, 3.05) is 0 Å². The molecular weight excluding hydrogens is 1340 g/mol. The summed E-state index contributed by atoms with van der Waals surface area (Å²) in [5, 5.41) is 0.202. The van der Waals surface area contributed by atoms with Crippen molar-refractivity contribution >= 4 is 36.8 Å². The van der Waals surface area contributed by atoms with Crippen molar-refractivity contribution in [2.24, 2.45) is 0 Å². The average Bonchev–Trinajstić information content (AvgIpc) is 1.68. The number of benzene rings is 10. The molecular formula is C91H90B2ClN9O4. The summed E-state index contributed by atoms with van der Waals surface area (Å²) >= 11 is 5.99. The lowest BCUT2D eigenvalue weighted by Gasteiger charge is -2.33. The highest BCUT2D eigenvalue weighted by Crippen LogP contribution is 2.43. The van der Waals surface area contributed by atoms with E-state index in [0.29, 0.717) is 46.6 Å². The lowest BCUT2D eigenvalue weighted by Crippen LogP contribution is -2.41. The van der Waals surface area contributed by atoms with Crippen LogP contribution in [0.2, 0.25) is 5.28 Å². The second-order valence-electron chi connectivity index (χ2n) is 29.2. The zero-order valence-electron chi connectivity index (χ0n) is 63.1. The Morgan fingerprint density at radius 3 is 0.598 bits per heavy atom. The number of nitrogens with zero attached hydrogens (tertiary/aromatic N) is 9. The van der Waals surface area contributed by atoms with Gasteiger partial charge in [-0.1, -0.05) is 307 Å². The average molecular weight is 1430 g/mol. The lowest BCUT2D eigenvalue weighted by atomic mass is 9.68. The molecule has 2 fully saturated rings. The van der Waals surface area contributed by atoms with Crippen molar-refractivity contribution in [3.05, 3.63) is 307 Å². The zero-order valence-corrected chi connectivity index (χ0v) is 63.8. The van der Waals surface area contributed by atoms with E-state index in [0.717, 1.165) is 81.1 Å². The molecule has 0 N–H and O–H groups in total. The molecule has 10 aromatic carbocycles. The van der Waals surface area contributed by atoms with Crippen LogP contribution in [-0.4, -0.2) is 81.5 Å². The predicted molar refractivity (Wildman–Crippen MR) is 435 cm³/mol. The van der Waals surface area contributed by atoms with Crippen LogP contribution < -0.4 is 10.9 Å². The van der Waals surface area contributed by atoms with E-state index in [1.165, 1.54) is 22.3 Å². The molecule has 2 aliphatic heterocycles. The van der Waals surface area contributed by atoms with Crippen LogP contribution in [0.25, 0.3) is 91.1 Å². The molecule has 0 atom stereocenters. The second kappa shape index (κ2) is 31.9. The van der Waals surface area contributed by atoms with Gasteiger partial charge in [0.25, 0.3) is 0 Å². The van der Waals surface area contributed by atoms with E-state index in [4.69, 9.17) is 60.1 Å². The fourth-order valence-electron chi connectivity index (χ4n) is 13.9. The van der Waals surface area contributed by atoms with Crippen molar-refractivity contribution in [2.45, 2.75) is 142 Å². The number of hydrogen-bond acceptors (Lipinski definition) is 13. The molecule has 13 aromatic rings. The van der Waals surface area contributed by atoms with Gasteiger partial charge < -0.3 is 18.6 Å². The standard InChI is InChI=1S/C47H38N6.C29H42B2O4.C15H10ClN3/c1-3-47(4-2,39-29-25-37(26-30-39)45-50-41(33-17-9-5-10-18-33)48-42(51-45)34-19-11-6-12-20-34)40-31-27-38(28-32-40)46-52-43(35-21-13-7-14-22-35)49-44(53-46)36-23-15-8-16-24-36;1-11-29(12-2,21-13-17-23(18-14-21)30-32-25(3,4)26(5,6)33-30)22-15-19-24(20-16-22)31-34-27(7,8)28(9,10)35-31;16-15-18-13(11-7-3-1-4-8-11)17-14(19-15)12-9-5-2-6-10-12/h5-32H,3-4H2,1-2H3;13-20H,11-12H2,1-10H3;1-10H. The van der Waals surface area contributed by atoms with Crippen LogP contribution in [-0.2, 0) is 29.4 Å². The smallest absolute Gasteiger partial charge is 0.399 e. The number of aromatic nitrogens is 9. The predicted octanol–water partition coefficient (Wildman–Crippen LogP) is 20.4. The molecule has 536 valence electrons. The fraction of sp³-hybridized carbons (Fsp3) is 0.242. The molecule has 0 aliphatic carbocycles. The molecule has 0 bridgehead atoms. The summed E-state index contributed by atoms with van der Waals surface area (Å²) in [4.78, 5) is 42.3. The summed E-state index contributed by atoms with van der Waals surface area (Å²) in [6.45, 7) is 25.8. The highest BCUT2D eigenvalue weighted by atomic mass is 35.5. The Balaban J connectivity index is 0.000000160. The highest BCUT2D eigenvalue weighted by Gasteiger charge is 2.53. The molecule has 15 rings (SSSR count). The molecule has 3 aromatic heterocycles. The van der Waals surface area contributed by atoms with Crippen LogP contribution in [0.5, 0.6) is 0 Å². The third-order valence-corrected chi connectivity index (χ3v) is 22.0. The van der Waals surface area contributed by atoms with Gasteiger partial charge in [-0.3, -0.25) is 0 Å². The summed E-state index contributed by atoms with van der Waals surface area (Å²) in [6.07, 6.45) is 3.89. The van der Waals surface area contributed by atoms with Gasteiger partial charge in [-0.2, -0.15) is 9.97 Å². The first-order valence-corrected chi connectivity index (χ1v) is 37.4. The first kappa shape index (κ1) is 74.8. The number of rotatable bonds is 18. The quantitative estimate of drug-likeness (QED) is 0.0750. The monoisotopic (exact) mass is 1430 g/mol. The molecule has 16 heteroatoms. The maximum atomic E-state index is 6.26. The molecule has 0 radical (unpaired) electrons. The molecule has 0 unspecified atom stereocenters. The van der Waals surface area contributed by atoms with Gasteiger partial charge in [-0.25, -0.2) is 34.9 Å². The van der Waals surface area contributed by atoms with Crippen molar-refractivity contribution in [1.29, 1.82) is 0 Å². The molecule has 0 amide bonds. The molecule has 5 heterocycles. The van der Waals surface area contributed by atoms with Gasteiger partial charge in [0.05, 0.1) is 22.4 Å². The molecule has 13 nitrogen and oxygen atoms in total. The van der Waals surface area contributed by atoms with Crippen LogP contribution in [0.15, 0.2) is 279 Å². The largest absolute Gasteiger partial charge is 0.494 e. The summed E-state index contributed by atoms with van der Waals surface area (Å²) in [6, 6.07) is 94.9. The van der Waals surface area contributed by atoms with E-state index in [9.17, 15) is 0 Å². The van der Waals surface area contributed by atoms with Crippen LogP contribution in [0.1, 0.15) is 131 Å². The minimum atomic E-state index is -0.342. The van der Waals surface area contributed by atoms with Crippen LogP contribution in [0.4, 0.5) is 0 Å². The minimum absolute atomic E-state index is 0.0665. The Kier molecular flexibility index (Phi) is 22.3. The van der Waals surface area contributed by atoms with E-state index < -0.39 is 0 Å². The minimum Gasteiger partial charge on any atom is -0.399 e. The van der Waals surface area contributed by atoms with E-state index in [2.05, 4.69) is 195 Å². The Morgan fingerprint density at radius 2 is 0.411 bits per heavy atom. The fourth-order valence-corrected chi connectivity index (χ4v) is 14.0. The van der Waals surface area contributed by atoms with Crippen molar-refractivity contribution in [1.82, 2.24) is 44.9 Å². The van der Waals surface area contributed by atoms with Gasteiger partial charge in [-0.05, 0) is 126 Å². The van der Waals surface area contributed by atoms with Gasteiger partial charge >= 0.3 is 14.2 Å². The van der Waals surface area contributed by atoms with Crippen molar-refractivity contribution < 1.29 is 18.6 Å². The zero-order chi connectivity index (χ0) is 75.0. The lowest BCUT2D eigenvalue weighted by molar-refractivity contribution is 0.00578. The first-order valence-electron chi connectivity index (χ1n) is 37.0. The number of hydrogen-bond donors (Lipinski definition) is 0. The van der Waals surface area contributed by atoms with E-state index in [1.807, 2.05) is 182 Å². The van der Waals surface area contributed by atoms with E-state index >= 15 is 0 Å². The third kappa shape index (κ3) is 16.1. The molecule has 2 saturated heterocycles.